The summed E-state index contributed by atoms with van der Waals surface area (Å²) in [6.45, 7) is 0. The molecule has 0 bridgehead atoms. The summed E-state index contributed by atoms with van der Waals surface area (Å²) < 4.78 is 6.53. The van der Waals surface area contributed by atoms with Gasteiger partial charge in [-0.3, -0.25) is 0 Å². The molecule has 0 saturated heterocycles. The van der Waals surface area contributed by atoms with Crippen molar-refractivity contribution in [2.75, 3.05) is 4.90 Å². The van der Waals surface area contributed by atoms with E-state index in [2.05, 4.69) is 211 Å². The maximum absolute atomic E-state index is 6.53. The predicted molar refractivity (Wildman–Crippen MR) is 237 cm³/mol. The van der Waals surface area contributed by atoms with E-state index < -0.39 is 5.41 Å². The van der Waals surface area contributed by atoms with Crippen LogP contribution in [0.1, 0.15) is 40.7 Å². The van der Waals surface area contributed by atoms with Crippen molar-refractivity contribution in [3.63, 3.8) is 0 Å². The molecule has 0 saturated carbocycles. The number of hydrogen-bond donors (Lipinski definition) is 0. The maximum atomic E-state index is 6.53. The molecular formula is C55H39NO. The van der Waals surface area contributed by atoms with Crippen molar-refractivity contribution in [2.45, 2.75) is 18.3 Å². The third-order valence-electron chi connectivity index (χ3n) is 12.1. The highest BCUT2D eigenvalue weighted by atomic mass is 16.3. The van der Waals surface area contributed by atoms with Gasteiger partial charge in [-0.1, -0.05) is 170 Å². The molecule has 0 fully saturated rings. The smallest absolute Gasteiger partial charge is 0.135 e. The Labute approximate surface area is 333 Å². The van der Waals surface area contributed by atoms with Gasteiger partial charge >= 0.3 is 0 Å². The minimum Gasteiger partial charge on any atom is -0.456 e. The van der Waals surface area contributed by atoms with Crippen molar-refractivity contribution in [1.82, 2.24) is 0 Å². The Kier molecular flexibility index (Phi) is 7.89. The third kappa shape index (κ3) is 5.40. The van der Waals surface area contributed by atoms with Crippen molar-refractivity contribution in [3.05, 3.63) is 246 Å². The first-order valence-electron chi connectivity index (χ1n) is 19.9. The second-order valence-corrected chi connectivity index (χ2v) is 15.2. The predicted octanol–water partition coefficient (Wildman–Crippen LogP) is 14.5. The van der Waals surface area contributed by atoms with Crippen molar-refractivity contribution in [3.8, 4) is 22.3 Å². The molecule has 0 N–H and O–H groups in total. The highest BCUT2D eigenvalue weighted by Gasteiger charge is 2.46. The van der Waals surface area contributed by atoms with E-state index in [0.29, 0.717) is 0 Å². The van der Waals surface area contributed by atoms with Gasteiger partial charge in [-0.15, -0.1) is 0 Å². The molecular weight excluding hydrogens is 691 g/mol. The van der Waals surface area contributed by atoms with E-state index in [4.69, 9.17) is 4.42 Å². The fourth-order valence-corrected chi connectivity index (χ4v) is 9.46. The van der Waals surface area contributed by atoms with Crippen molar-refractivity contribution in [1.29, 1.82) is 0 Å². The monoisotopic (exact) mass is 729 g/mol. The Balaban J connectivity index is 1.07. The van der Waals surface area contributed by atoms with E-state index in [1.165, 1.54) is 61.3 Å². The third-order valence-corrected chi connectivity index (χ3v) is 12.1. The summed E-state index contributed by atoms with van der Waals surface area (Å²) in [4.78, 5) is 2.44. The minimum absolute atomic E-state index is 0.543. The van der Waals surface area contributed by atoms with Gasteiger partial charge in [0.1, 0.15) is 11.2 Å². The molecule has 1 heterocycles. The Bertz CT molecular complexity index is 2940. The Morgan fingerprint density at radius 3 is 1.61 bits per heavy atom. The Morgan fingerprint density at radius 1 is 0.404 bits per heavy atom. The number of benzene rings is 8. The molecule has 0 aliphatic heterocycles. The molecule has 2 nitrogen and oxygen atoms in total. The lowest BCUT2D eigenvalue weighted by molar-refractivity contribution is 0.665. The van der Waals surface area contributed by atoms with E-state index in [9.17, 15) is 0 Å². The lowest BCUT2D eigenvalue weighted by Crippen LogP contribution is -2.28. The quantitative estimate of drug-likeness (QED) is 0.162. The molecule has 0 radical (unpaired) electrons. The second-order valence-electron chi connectivity index (χ2n) is 15.2. The molecule has 0 spiro atoms. The minimum atomic E-state index is -0.543. The highest BCUT2D eigenvalue weighted by Crippen LogP contribution is 2.56. The van der Waals surface area contributed by atoms with Gasteiger partial charge in [0, 0.05) is 27.8 Å². The Hall–Kier alpha value is -7.16. The van der Waals surface area contributed by atoms with Gasteiger partial charge in [0.15, 0.2) is 0 Å². The molecule has 8 aromatic carbocycles. The number of nitrogens with zero attached hydrogens (tertiary/aromatic N) is 1. The SMILES string of the molecule is C1=C(c2ccccc2)CCC(N(c2ccc(-c3ccccc3)cc2)c2ccc(C3(c4ccc5c(c4)oc4ccccc45)c4ccccc4-c4ccccc43)cc2)=C1. The van der Waals surface area contributed by atoms with Gasteiger partial charge in [-0.2, -0.15) is 0 Å². The van der Waals surface area contributed by atoms with Gasteiger partial charge in [0.2, 0.25) is 0 Å². The van der Waals surface area contributed by atoms with Crippen molar-refractivity contribution < 1.29 is 4.42 Å². The molecule has 0 unspecified atom stereocenters. The van der Waals surface area contributed by atoms with Crippen LogP contribution in [0.25, 0.3) is 49.8 Å². The largest absolute Gasteiger partial charge is 0.456 e. The summed E-state index contributed by atoms with van der Waals surface area (Å²) in [7, 11) is 0. The molecule has 2 aliphatic rings. The molecule has 2 aliphatic carbocycles. The fraction of sp³-hybridized carbons (Fsp3) is 0.0545. The summed E-state index contributed by atoms with van der Waals surface area (Å²) in [6.07, 6.45) is 6.54. The van der Waals surface area contributed by atoms with Crippen LogP contribution < -0.4 is 4.90 Å². The van der Waals surface area contributed by atoms with Crippen LogP contribution >= 0.6 is 0 Å². The molecule has 9 aromatic rings. The lowest BCUT2D eigenvalue weighted by atomic mass is 9.67. The van der Waals surface area contributed by atoms with Gasteiger partial charge in [0.25, 0.3) is 0 Å². The van der Waals surface area contributed by atoms with Gasteiger partial charge in [-0.05, 0) is 111 Å². The van der Waals surface area contributed by atoms with Crippen LogP contribution in [0.3, 0.4) is 0 Å². The van der Waals surface area contributed by atoms with Crippen LogP contribution in [0.5, 0.6) is 0 Å². The average molecular weight is 730 g/mol. The van der Waals surface area contributed by atoms with E-state index in [-0.39, 0.29) is 0 Å². The number of furan rings is 1. The zero-order valence-electron chi connectivity index (χ0n) is 31.5. The molecule has 2 heteroatoms. The molecule has 270 valence electrons. The van der Waals surface area contributed by atoms with E-state index >= 15 is 0 Å². The van der Waals surface area contributed by atoms with E-state index in [0.717, 1.165) is 46.2 Å². The topological polar surface area (TPSA) is 16.4 Å². The summed E-state index contributed by atoms with van der Waals surface area (Å²) in [5, 5.41) is 2.28. The molecule has 0 amide bonds. The van der Waals surface area contributed by atoms with Crippen LogP contribution in [0.15, 0.2) is 222 Å². The van der Waals surface area contributed by atoms with Gasteiger partial charge in [-0.25, -0.2) is 0 Å². The number of anilines is 2. The van der Waals surface area contributed by atoms with Crippen LogP contribution in [-0.4, -0.2) is 0 Å². The van der Waals surface area contributed by atoms with Crippen LogP contribution in [-0.2, 0) is 5.41 Å². The van der Waals surface area contributed by atoms with Crippen molar-refractivity contribution in [2.24, 2.45) is 0 Å². The number of fused-ring (bicyclic) bond motifs is 6. The molecule has 57 heavy (non-hydrogen) atoms. The summed E-state index contributed by atoms with van der Waals surface area (Å²) in [5.41, 5.74) is 17.5. The highest BCUT2D eigenvalue weighted by molar-refractivity contribution is 6.05. The normalized spacial score (nSPS) is 14.2. The summed E-state index contributed by atoms with van der Waals surface area (Å²) in [5.74, 6) is 0. The first kappa shape index (κ1) is 33.2. The molecule has 1 aromatic heterocycles. The molecule has 11 rings (SSSR count). The number of rotatable bonds is 7. The standard InChI is InChI=1S/C55H39NO/c1-3-13-38(14-4-1)40-23-30-44(31-24-40)56(45-32-25-41(26-33-45)39-15-5-2-6-16-39)46-34-27-42(28-35-46)55(51-20-10-7-17-47(51)48-18-8-11-21-52(48)55)43-29-36-50-49-19-9-12-22-53(49)57-54(50)37-43/h1-25,27-32,34-37H,26,33H2. The van der Waals surface area contributed by atoms with Gasteiger partial charge in [0.05, 0.1) is 5.41 Å². The fourth-order valence-electron chi connectivity index (χ4n) is 9.46. The number of hydrogen-bond acceptors (Lipinski definition) is 2. The zero-order chi connectivity index (χ0) is 37.8. The van der Waals surface area contributed by atoms with E-state index in [1.54, 1.807) is 0 Å². The van der Waals surface area contributed by atoms with E-state index in [1.807, 2.05) is 6.07 Å². The van der Waals surface area contributed by atoms with Crippen LogP contribution in [0.4, 0.5) is 11.4 Å². The van der Waals surface area contributed by atoms with Crippen LogP contribution in [0, 0.1) is 0 Å². The first-order chi connectivity index (χ1) is 28.3. The van der Waals surface area contributed by atoms with Crippen molar-refractivity contribution >= 4 is 38.9 Å². The summed E-state index contributed by atoms with van der Waals surface area (Å²) in [6, 6.07) is 72.8. The molecule has 0 atom stereocenters. The average Bonchev–Trinajstić information content (AvgIpc) is 3.81. The summed E-state index contributed by atoms with van der Waals surface area (Å²) >= 11 is 0. The Morgan fingerprint density at radius 2 is 0.947 bits per heavy atom. The number of para-hydroxylation sites is 1. The second kappa shape index (κ2) is 13.5. The zero-order valence-corrected chi connectivity index (χ0v) is 31.5. The lowest BCUT2D eigenvalue weighted by Gasteiger charge is -2.35. The number of allylic oxidation sites excluding steroid dienone is 4. The first-order valence-corrected chi connectivity index (χ1v) is 19.9. The maximum Gasteiger partial charge on any atom is 0.135 e. The van der Waals surface area contributed by atoms with Gasteiger partial charge < -0.3 is 9.32 Å². The van der Waals surface area contributed by atoms with Crippen LogP contribution in [0.2, 0.25) is 0 Å².